The van der Waals surface area contributed by atoms with E-state index in [1.165, 1.54) is 18.2 Å². The Hall–Kier alpha value is -2.07. The molecule has 0 aliphatic rings. The van der Waals surface area contributed by atoms with Gasteiger partial charge in [-0.1, -0.05) is 17.7 Å². The number of carboxylic acid groups (broad SMARTS) is 1. The summed E-state index contributed by atoms with van der Waals surface area (Å²) in [5.74, 6) is -0.844. The number of rotatable bonds is 4. The van der Waals surface area contributed by atoms with Crippen molar-refractivity contribution >= 4 is 17.6 Å². The first-order chi connectivity index (χ1) is 9.47. The highest BCUT2D eigenvalue weighted by atomic mass is 35.5. The first-order valence-corrected chi connectivity index (χ1v) is 6.26. The van der Waals surface area contributed by atoms with Crippen molar-refractivity contribution in [3.8, 4) is 5.75 Å². The van der Waals surface area contributed by atoms with E-state index < -0.39 is 11.8 Å². The molecule has 0 bridgehead atoms. The van der Waals surface area contributed by atoms with E-state index in [0.717, 1.165) is 0 Å². The molecular weight excluding hydrogens is 283 g/mol. The zero-order valence-corrected chi connectivity index (χ0v) is 11.4. The molecule has 2 aromatic rings. The molecular formula is C15H12ClFO3. The lowest BCUT2D eigenvalue weighted by Gasteiger charge is -2.09. The predicted molar refractivity (Wildman–Crippen MR) is 73.9 cm³/mol. The van der Waals surface area contributed by atoms with Crippen LogP contribution >= 0.6 is 11.6 Å². The van der Waals surface area contributed by atoms with Gasteiger partial charge in [0.05, 0.1) is 10.6 Å². The predicted octanol–water partition coefficient (Wildman–Crippen LogP) is 4.06. The molecule has 104 valence electrons. The summed E-state index contributed by atoms with van der Waals surface area (Å²) in [7, 11) is 0. The highest BCUT2D eigenvalue weighted by molar-refractivity contribution is 6.31. The first kappa shape index (κ1) is 14.3. The molecule has 0 spiro atoms. The molecule has 20 heavy (non-hydrogen) atoms. The summed E-state index contributed by atoms with van der Waals surface area (Å²) in [6, 6.07) is 8.78. The van der Waals surface area contributed by atoms with Gasteiger partial charge in [0.15, 0.2) is 0 Å². The second-order valence-corrected chi connectivity index (χ2v) is 4.71. The minimum atomic E-state index is -0.976. The largest absolute Gasteiger partial charge is 0.489 e. The van der Waals surface area contributed by atoms with Gasteiger partial charge in [0.25, 0.3) is 0 Å². The molecule has 0 unspecified atom stereocenters. The van der Waals surface area contributed by atoms with E-state index in [-0.39, 0.29) is 12.2 Å². The van der Waals surface area contributed by atoms with Crippen LogP contribution in [0.3, 0.4) is 0 Å². The molecule has 2 rings (SSSR count). The van der Waals surface area contributed by atoms with Crippen molar-refractivity contribution in [1.82, 2.24) is 0 Å². The second-order valence-electron chi connectivity index (χ2n) is 4.31. The van der Waals surface area contributed by atoms with Gasteiger partial charge >= 0.3 is 5.97 Å². The van der Waals surface area contributed by atoms with Crippen molar-refractivity contribution in [2.24, 2.45) is 0 Å². The monoisotopic (exact) mass is 294 g/mol. The van der Waals surface area contributed by atoms with Crippen molar-refractivity contribution in [2.45, 2.75) is 13.5 Å². The Kier molecular flexibility index (Phi) is 4.25. The Balaban J connectivity index is 2.11. The number of carboxylic acids is 1. The SMILES string of the molecule is Cc1cc(OCc2ccc(F)cc2Cl)ccc1C(=O)O. The van der Waals surface area contributed by atoms with Crippen LogP contribution in [0.25, 0.3) is 0 Å². The maximum absolute atomic E-state index is 12.9. The molecule has 0 saturated carbocycles. The average molecular weight is 295 g/mol. The molecule has 3 nitrogen and oxygen atoms in total. The van der Waals surface area contributed by atoms with Gasteiger partial charge < -0.3 is 9.84 Å². The Labute approximate surface area is 120 Å². The fraction of sp³-hybridized carbons (Fsp3) is 0.133. The highest BCUT2D eigenvalue weighted by Gasteiger charge is 2.08. The van der Waals surface area contributed by atoms with E-state index in [1.54, 1.807) is 25.1 Å². The van der Waals surface area contributed by atoms with E-state index in [1.807, 2.05) is 0 Å². The van der Waals surface area contributed by atoms with Crippen LogP contribution < -0.4 is 4.74 Å². The van der Waals surface area contributed by atoms with Crippen LogP contribution in [0, 0.1) is 12.7 Å². The Morgan fingerprint density at radius 2 is 2.05 bits per heavy atom. The lowest BCUT2D eigenvalue weighted by Crippen LogP contribution is -2.01. The number of benzene rings is 2. The quantitative estimate of drug-likeness (QED) is 0.925. The maximum atomic E-state index is 12.9. The Morgan fingerprint density at radius 3 is 2.65 bits per heavy atom. The molecule has 5 heteroatoms. The molecule has 0 saturated heterocycles. The van der Waals surface area contributed by atoms with Gasteiger partial charge in [-0.05, 0) is 42.8 Å². The third-order valence-electron chi connectivity index (χ3n) is 2.84. The molecule has 0 radical (unpaired) electrons. The molecule has 0 atom stereocenters. The van der Waals surface area contributed by atoms with Crippen molar-refractivity contribution < 1.29 is 19.0 Å². The van der Waals surface area contributed by atoms with E-state index in [0.29, 0.717) is 21.9 Å². The summed E-state index contributed by atoms with van der Waals surface area (Å²) >= 11 is 5.90. The standard InChI is InChI=1S/C15H12ClFO3/c1-9-6-12(4-5-13(9)15(18)19)20-8-10-2-3-11(17)7-14(10)16/h2-7H,8H2,1H3,(H,18,19). The molecule has 0 amide bonds. The van der Waals surface area contributed by atoms with E-state index >= 15 is 0 Å². The number of aromatic carboxylic acids is 1. The number of hydrogen-bond acceptors (Lipinski definition) is 2. The Bertz CT molecular complexity index is 656. The minimum absolute atomic E-state index is 0.185. The molecule has 0 fully saturated rings. The van der Waals surface area contributed by atoms with Crippen LogP contribution in [0.2, 0.25) is 5.02 Å². The van der Waals surface area contributed by atoms with Crippen molar-refractivity contribution in [1.29, 1.82) is 0 Å². The maximum Gasteiger partial charge on any atom is 0.335 e. The van der Waals surface area contributed by atoms with Gasteiger partial charge in [0.1, 0.15) is 18.2 Å². The number of hydrogen-bond donors (Lipinski definition) is 1. The van der Waals surface area contributed by atoms with Crippen molar-refractivity contribution in [2.75, 3.05) is 0 Å². The summed E-state index contributed by atoms with van der Waals surface area (Å²) in [6.07, 6.45) is 0. The molecule has 2 aromatic carbocycles. The first-order valence-electron chi connectivity index (χ1n) is 5.88. The zero-order valence-electron chi connectivity index (χ0n) is 10.7. The Morgan fingerprint density at radius 1 is 1.30 bits per heavy atom. The summed E-state index contributed by atoms with van der Waals surface area (Å²) in [5, 5.41) is 9.23. The summed E-state index contributed by atoms with van der Waals surface area (Å²) < 4.78 is 18.4. The number of aryl methyl sites for hydroxylation is 1. The highest BCUT2D eigenvalue weighted by Crippen LogP contribution is 2.22. The molecule has 0 aromatic heterocycles. The van der Waals surface area contributed by atoms with Crippen LogP contribution in [0.5, 0.6) is 5.75 Å². The van der Waals surface area contributed by atoms with Gasteiger partial charge in [-0.15, -0.1) is 0 Å². The van der Waals surface area contributed by atoms with Gasteiger partial charge in [0, 0.05) is 5.56 Å². The third-order valence-corrected chi connectivity index (χ3v) is 3.19. The van der Waals surface area contributed by atoms with Crippen LogP contribution in [0.1, 0.15) is 21.5 Å². The summed E-state index contributed by atoms with van der Waals surface area (Å²) in [4.78, 5) is 10.9. The smallest absolute Gasteiger partial charge is 0.335 e. The topological polar surface area (TPSA) is 46.5 Å². The van der Waals surface area contributed by atoms with Gasteiger partial charge in [-0.2, -0.15) is 0 Å². The average Bonchev–Trinajstić information content (AvgIpc) is 2.37. The molecule has 1 N–H and O–H groups in total. The fourth-order valence-electron chi connectivity index (χ4n) is 1.77. The van der Waals surface area contributed by atoms with E-state index in [9.17, 15) is 9.18 Å². The van der Waals surface area contributed by atoms with Crippen LogP contribution in [-0.4, -0.2) is 11.1 Å². The third kappa shape index (κ3) is 3.27. The number of ether oxygens (including phenoxy) is 1. The van der Waals surface area contributed by atoms with Crippen molar-refractivity contribution in [3.63, 3.8) is 0 Å². The normalized spacial score (nSPS) is 10.3. The zero-order chi connectivity index (χ0) is 14.7. The van der Waals surface area contributed by atoms with Gasteiger partial charge in [0.2, 0.25) is 0 Å². The fourth-order valence-corrected chi connectivity index (χ4v) is 1.99. The van der Waals surface area contributed by atoms with Crippen LogP contribution in [0.15, 0.2) is 36.4 Å². The van der Waals surface area contributed by atoms with E-state index in [2.05, 4.69) is 0 Å². The summed E-state index contributed by atoms with van der Waals surface area (Å²) in [6.45, 7) is 1.88. The van der Waals surface area contributed by atoms with E-state index in [4.69, 9.17) is 21.4 Å². The van der Waals surface area contributed by atoms with Gasteiger partial charge in [-0.25, -0.2) is 9.18 Å². The molecule has 0 aliphatic carbocycles. The second kappa shape index (κ2) is 5.92. The number of carbonyl (C=O) groups is 1. The lowest BCUT2D eigenvalue weighted by atomic mass is 10.1. The lowest BCUT2D eigenvalue weighted by molar-refractivity contribution is 0.0696. The number of halogens is 2. The molecule has 0 aliphatic heterocycles. The van der Waals surface area contributed by atoms with Gasteiger partial charge in [-0.3, -0.25) is 0 Å². The van der Waals surface area contributed by atoms with Crippen LogP contribution in [0.4, 0.5) is 4.39 Å². The molecule has 0 heterocycles. The van der Waals surface area contributed by atoms with Crippen molar-refractivity contribution in [3.05, 3.63) is 63.9 Å². The van der Waals surface area contributed by atoms with Crippen LogP contribution in [-0.2, 0) is 6.61 Å². The summed E-state index contributed by atoms with van der Waals surface area (Å²) in [5.41, 5.74) is 1.50. The minimum Gasteiger partial charge on any atom is -0.489 e.